The van der Waals surface area contributed by atoms with E-state index in [9.17, 15) is 9.90 Å². The molecule has 0 aliphatic carbocycles. The van der Waals surface area contributed by atoms with Gasteiger partial charge in [0, 0.05) is 25.7 Å². The maximum absolute atomic E-state index is 11.3. The molecule has 2 unspecified atom stereocenters. The van der Waals surface area contributed by atoms with Gasteiger partial charge in [0.1, 0.15) is 6.04 Å². The molecular formula is C15H22N2O2. The van der Waals surface area contributed by atoms with Crippen molar-refractivity contribution >= 4 is 5.97 Å². The van der Waals surface area contributed by atoms with Gasteiger partial charge in [0.05, 0.1) is 0 Å². The summed E-state index contributed by atoms with van der Waals surface area (Å²) in [6.07, 6.45) is 1.99. The van der Waals surface area contributed by atoms with Crippen LogP contribution in [0, 0.1) is 0 Å². The Labute approximate surface area is 114 Å². The van der Waals surface area contributed by atoms with E-state index in [0.717, 1.165) is 25.9 Å². The van der Waals surface area contributed by atoms with Crippen LogP contribution in [0.3, 0.4) is 0 Å². The highest BCUT2D eigenvalue weighted by Crippen LogP contribution is 2.14. The molecule has 2 rings (SSSR count). The number of aryl methyl sites for hydroxylation is 1. The van der Waals surface area contributed by atoms with E-state index in [-0.39, 0.29) is 6.04 Å². The Bertz CT molecular complexity index is 408. The van der Waals surface area contributed by atoms with Gasteiger partial charge in [0.25, 0.3) is 0 Å². The molecule has 1 aliphatic rings. The third-order valence-electron chi connectivity index (χ3n) is 3.83. The lowest BCUT2D eigenvalue weighted by Crippen LogP contribution is -2.57. The van der Waals surface area contributed by atoms with Crippen molar-refractivity contribution in [1.29, 1.82) is 0 Å². The number of carboxylic acid groups (broad SMARTS) is 1. The summed E-state index contributed by atoms with van der Waals surface area (Å²) in [5.41, 5.74) is 1.32. The van der Waals surface area contributed by atoms with E-state index >= 15 is 0 Å². The van der Waals surface area contributed by atoms with Crippen LogP contribution in [-0.4, -0.2) is 47.7 Å². The van der Waals surface area contributed by atoms with E-state index in [2.05, 4.69) is 29.3 Å². The second-order valence-corrected chi connectivity index (χ2v) is 5.17. The summed E-state index contributed by atoms with van der Waals surface area (Å²) in [6.45, 7) is 4.36. The molecule has 0 spiro atoms. The Balaban J connectivity index is 1.90. The van der Waals surface area contributed by atoms with Crippen molar-refractivity contribution in [3.05, 3.63) is 35.9 Å². The number of hydrogen-bond donors (Lipinski definition) is 2. The first-order valence-corrected chi connectivity index (χ1v) is 6.91. The molecule has 0 radical (unpaired) electrons. The summed E-state index contributed by atoms with van der Waals surface area (Å²) in [5.74, 6) is -0.723. The normalized spacial score (nSPS) is 22.1. The molecule has 0 bridgehead atoms. The molecule has 0 saturated carbocycles. The highest BCUT2D eigenvalue weighted by molar-refractivity contribution is 5.74. The predicted molar refractivity (Wildman–Crippen MR) is 75.2 cm³/mol. The lowest BCUT2D eigenvalue weighted by Gasteiger charge is -2.38. The number of hydrogen-bond acceptors (Lipinski definition) is 3. The molecule has 1 aromatic carbocycles. The SMILES string of the molecule is CC(CCc1ccccc1)N1CCNCC1C(=O)O. The first-order valence-electron chi connectivity index (χ1n) is 6.91. The van der Waals surface area contributed by atoms with Gasteiger partial charge >= 0.3 is 5.97 Å². The quantitative estimate of drug-likeness (QED) is 0.841. The van der Waals surface area contributed by atoms with Crippen LogP contribution in [0.15, 0.2) is 30.3 Å². The number of carboxylic acids is 1. The molecule has 1 aliphatic heterocycles. The zero-order valence-electron chi connectivity index (χ0n) is 11.4. The van der Waals surface area contributed by atoms with E-state index in [1.165, 1.54) is 5.56 Å². The lowest BCUT2D eigenvalue weighted by molar-refractivity contribution is -0.145. The van der Waals surface area contributed by atoms with Crippen molar-refractivity contribution in [3.63, 3.8) is 0 Å². The van der Waals surface area contributed by atoms with Crippen molar-refractivity contribution in [2.75, 3.05) is 19.6 Å². The van der Waals surface area contributed by atoms with Gasteiger partial charge in [0.15, 0.2) is 0 Å². The average Bonchev–Trinajstić information content (AvgIpc) is 2.46. The van der Waals surface area contributed by atoms with Gasteiger partial charge in [-0.25, -0.2) is 0 Å². The van der Waals surface area contributed by atoms with Crippen LogP contribution in [0.1, 0.15) is 18.9 Å². The summed E-state index contributed by atoms with van der Waals surface area (Å²) in [6, 6.07) is 10.3. The van der Waals surface area contributed by atoms with E-state index in [0.29, 0.717) is 12.6 Å². The third kappa shape index (κ3) is 3.78. The first kappa shape index (κ1) is 14.0. The van der Waals surface area contributed by atoms with Crippen LogP contribution in [0.5, 0.6) is 0 Å². The average molecular weight is 262 g/mol. The highest BCUT2D eigenvalue weighted by Gasteiger charge is 2.31. The van der Waals surface area contributed by atoms with Crippen LogP contribution < -0.4 is 5.32 Å². The fourth-order valence-electron chi connectivity index (χ4n) is 2.66. The van der Waals surface area contributed by atoms with Crippen LogP contribution >= 0.6 is 0 Å². The van der Waals surface area contributed by atoms with Crippen molar-refractivity contribution in [2.45, 2.75) is 31.8 Å². The van der Waals surface area contributed by atoms with Gasteiger partial charge in [-0.2, -0.15) is 0 Å². The summed E-state index contributed by atoms with van der Waals surface area (Å²) < 4.78 is 0. The van der Waals surface area contributed by atoms with Crippen LogP contribution in [-0.2, 0) is 11.2 Å². The van der Waals surface area contributed by atoms with Gasteiger partial charge in [-0.05, 0) is 25.3 Å². The largest absolute Gasteiger partial charge is 0.480 e. The molecule has 104 valence electrons. The number of nitrogens with one attached hydrogen (secondary N) is 1. The van der Waals surface area contributed by atoms with Gasteiger partial charge in [-0.3, -0.25) is 9.69 Å². The molecule has 19 heavy (non-hydrogen) atoms. The lowest BCUT2D eigenvalue weighted by atomic mass is 10.0. The Morgan fingerprint density at radius 2 is 2.21 bits per heavy atom. The highest BCUT2D eigenvalue weighted by atomic mass is 16.4. The smallest absolute Gasteiger partial charge is 0.322 e. The molecule has 1 aromatic rings. The maximum Gasteiger partial charge on any atom is 0.322 e. The molecule has 4 heteroatoms. The summed E-state index contributed by atoms with van der Waals surface area (Å²) in [4.78, 5) is 13.4. The minimum absolute atomic E-state index is 0.295. The minimum Gasteiger partial charge on any atom is -0.480 e. The van der Waals surface area contributed by atoms with Crippen molar-refractivity contribution in [1.82, 2.24) is 10.2 Å². The molecule has 2 N–H and O–H groups in total. The number of benzene rings is 1. The van der Waals surface area contributed by atoms with E-state index in [4.69, 9.17) is 0 Å². The fourth-order valence-corrected chi connectivity index (χ4v) is 2.66. The monoisotopic (exact) mass is 262 g/mol. The molecule has 1 saturated heterocycles. The zero-order chi connectivity index (χ0) is 13.7. The van der Waals surface area contributed by atoms with Crippen molar-refractivity contribution < 1.29 is 9.90 Å². The van der Waals surface area contributed by atoms with Crippen LogP contribution in [0.2, 0.25) is 0 Å². The van der Waals surface area contributed by atoms with E-state index < -0.39 is 5.97 Å². The number of piperazine rings is 1. The second-order valence-electron chi connectivity index (χ2n) is 5.17. The fraction of sp³-hybridized carbons (Fsp3) is 0.533. The first-order chi connectivity index (χ1) is 9.18. The van der Waals surface area contributed by atoms with Gasteiger partial charge in [0.2, 0.25) is 0 Å². The topological polar surface area (TPSA) is 52.6 Å². The number of carbonyl (C=O) groups is 1. The van der Waals surface area contributed by atoms with Crippen molar-refractivity contribution in [3.8, 4) is 0 Å². The molecular weight excluding hydrogens is 240 g/mol. The summed E-state index contributed by atoms with van der Waals surface area (Å²) >= 11 is 0. The maximum atomic E-state index is 11.3. The summed E-state index contributed by atoms with van der Waals surface area (Å²) in [5, 5.41) is 12.4. The molecule has 1 heterocycles. The Morgan fingerprint density at radius 1 is 1.47 bits per heavy atom. The van der Waals surface area contributed by atoms with Crippen molar-refractivity contribution in [2.24, 2.45) is 0 Å². The molecule has 1 fully saturated rings. The molecule has 4 nitrogen and oxygen atoms in total. The predicted octanol–water partition coefficient (Wildman–Crippen LogP) is 1.37. The van der Waals surface area contributed by atoms with Gasteiger partial charge in [-0.15, -0.1) is 0 Å². The van der Waals surface area contributed by atoms with Gasteiger partial charge < -0.3 is 10.4 Å². The Morgan fingerprint density at radius 3 is 2.89 bits per heavy atom. The molecule has 2 atom stereocenters. The third-order valence-corrected chi connectivity index (χ3v) is 3.83. The molecule has 0 amide bonds. The number of aliphatic carboxylic acids is 1. The summed E-state index contributed by atoms with van der Waals surface area (Å²) in [7, 11) is 0. The van der Waals surface area contributed by atoms with E-state index in [1.807, 2.05) is 18.2 Å². The van der Waals surface area contributed by atoms with Crippen LogP contribution in [0.25, 0.3) is 0 Å². The van der Waals surface area contributed by atoms with E-state index in [1.54, 1.807) is 0 Å². The van der Waals surface area contributed by atoms with Crippen LogP contribution in [0.4, 0.5) is 0 Å². The second kappa shape index (κ2) is 6.68. The Kier molecular flexibility index (Phi) is 4.93. The Hall–Kier alpha value is -1.39. The molecule has 0 aromatic heterocycles. The van der Waals surface area contributed by atoms with Gasteiger partial charge in [-0.1, -0.05) is 30.3 Å². The number of nitrogens with zero attached hydrogens (tertiary/aromatic N) is 1. The minimum atomic E-state index is -0.723. The standard InChI is InChI=1S/C15H22N2O2/c1-12(7-8-13-5-3-2-4-6-13)17-10-9-16-11-14(17)15(18)19/h2-6,12,14,16H,7-11H2,1H3,(H,18,19). The number of rotatable bonds is 5. The zero-order valence-corrected chi connectivity index (χ0v) is 11.4.